The minimum atomic E-state index is -2.60. The average molecular weight is 336 g/mol. The van der Waals surface area contributed by atoms with Crippen molar-refractivity contribution >= 4 is 28.9 Å². The molecule has 0 radical (unpaired) electrons. The van der Waals surface area contributed by atoms with E-state index in [1.807, 2.05) is 18.2 Å². The number of pyridine rings is 1. The second-order valence-corrected chi connectivity index (χ2v) is 9.54. The number of aliphatic hydroxyl groups is 2. The van der Waals surface area contributed by atoms with Crippen LogP contribution in [0.2, 0.25) is 0 Å². The molecular formula is C12H21N2O3PS2. The van der Waals surface area contributed by atoms with Gasteiger partial charge in [-0.2, -0.15) is 0 Å². The predicted molar refractivity (Wildman–Crippen MR) is 86.7 cm³/mol. The van der Waals surface area contributed by atoms with Crippen LogP contribution in [0.4, 0.5) is 0 Å². The molecule has 1 aromatic heterocycles. The van der Waals surface area contributed by atoms with E-state index in [1.165, 1.54) is 0 Å². The summed E-state index contributed by atoms with van der Waals surface area (Å²) in [5, 5.41) is 21.8. The van der Waals surface area contributed by atoms with Crippen LogP contribution in [0.15, 0.2) is 29.4 Å². The van der Waals surface area contributed by atoms with Gasteiger partial charge in [-0.1, -0.05) is 16.9 Å². The number of aliphatic hydroxyl groups excluding tert-OH is 2. The first kappa shape index (κ1) is 18.0. The lowest BCUT2D eigenvalue weighted by molar-refractivity contribution is 0.310. The average Bonchev–Trinajstić information content (AvgIpc) is 2.44. The first-order valence-electron chi connectivity index (χ1n) is 6.45. The molecule has 0 aliphatic rings. The molecule has 0 unspecified atom stereocenters. The number of aromatic nitrogens is 1. The van der Waals surface area contributed by atoms with Crippen LogP contribution in [0.5, 0.6) is 0 Å². The van der Waals surface area contributed by atoms with E-state index in [0.717, 1.165) is 17.2 Å². The number of hydrogen-bond donors (Lipinski definition) is 3. The molecule has 1 aromatic rings. The molecule has 0 spiro atoms. The van der Waals surface area contributed by atoms with Crippen LogP contribution in [0.25, 0.3) is 0 Å². The van der Waals surface area contributed by atoms with Gasteiger partial charge in [-0.3, -0.25) is 5.09 Å². The molecule has 0 saturated carbocycles. The SMILES string of the molecule is O=P(CCO)(CCO)NCCCSSc1ccccn1. The van der Waals surface area contributed by atoms with Crippen molar-refractivity contribution in [1.82, 2.24) is 10.1 Å². The lowest BCUT2D eigenvalue weighted by Gasteiger charge is -2.17. The van der Waals surface area contributed by atoms with Gasteiger partial charge in [-0.25, -0.2) is 4.98 Å². The fourth-order valence-electron chi connectivity index (χ4n) is 1.51. The third-order valence-corrected chi connectivity index (χ3v) is 7.50. The molecule has 0 saturated heterocycles. The summed E-state index contributed by atoms with van der Waals surface area (Å²) in [5.41, 5.74) is 0. The van der Waals surface area contributed by atoms with Gasteiger partial charge >= 0.3 is 0 Å². The molecule has 8 heteroatoms. The molecule has 0 aliphatic carbocycles. The highest BCUT2D eigenvalue weighted by Gasteiger charge is 2.19. The topological polar surface area (TPSA) is 82.5 Å². The lowest BCUT2D eigenvalue weighted by atomic mass is 10.5. The van der Waals surface area contributed by atoms with Gasteiger partial charge in [0.2, 0.25) is 0 Å². The van der Waals surface area contributed by atoms with Crippen molar-refractivity contribution in [1.29, 1.82) is 0 Å². The van der Waals surface area contributed by atoms with E-state index in [9.17, 15) is 4.57 Å². The fourth-order valence-corrected chi connectivity index (χ4v) is 5.22. The van der Waals surface area contributed by atoms with Gasteiger partial charge in [-0.05, 0) is 29.3 Å². The number of nitrogens with one attached hydrogen (secondary N) is 1. The van der Waals surface area contributed by atoms with Crippen molar-refractivity contribution in [3.8, 4) is 0 Å². The van der Waals surface area contributed by atoms with Crippen LogP contribution >= 0.6 is 28.9 Å². The standard InChI is InChI=1S/C12H21N2O3PS2/c15-7-9-18(17,10-8-16)14-6-3-11-19-20-12-4-1-2-5-13-12/h1-2,4-5,15-16H,3,6-11H2,(H,14,17). The molecule has 0 aliphatic heterocycles. The summed E-state index contributed by atoms with van der Waals surface area (Å²) >= 11 is 0. The van der Waals surface area contributed by atoms with Crippen LogP contribution in [-0.4, -0.2) is 53.0 Å². The third-order valence-electron chi connectivity index (χ3n) is 2.51. The molecule has 3 N–H and O–H groups in total. The number of hydrogen-bond acceptors (Lipinski definition) is 6. The summed E-state index contributed by atoms with van der Waals surface area (Å²) in [4.78, 5) is 4.21. The second-order valence-electron chi connectivity index (χ2n) is 4.12. The van der Waals surface area contributed by atoms with Gasteiger partial charge in [0.15, 0.2) is 7.29 Å². The van der Waals surface area contributed by atoms with Crippen LogP contribution in [0.1, 0.15) is 6.42 Å². The molecule has 0 amide bonds. The Kier molecular flexibility index (Phi) is 9.59. The Balaban J connectivity index is 2.13. The maximum absolute atomic E-state index is 12.2. The smallest absolute Gasteiger partial charge is 0.152 e. The summed E-state index contributed by atoms with van der Waals surface area (Å²) < 4.78 is 12.2. The molecule has 0 bridgehead atoms. The Morgan fingerprint density at radius 1 is 1.25 bits per heavy atom. The van der Waals surface area contributed by atoms with Gasteiger partial charge in [0.05, 0.1) is 13.2 Å². The molecule has 0 atom stereocenters. The Labute approximate surface area is 127 Å². The molecule has 1 heterocycles. The third kappa shape index (κ3) is 7.67. The normalized spacial score (nSPS) is 11.7. The summed E-state index contributed by atoms with van der Waals surface area (Å²) in [6.07, 6.45) is 3.10. The monoisotopic (exact) mass is 336 g/mol. The Morgan fingerprint density at radius 3 is 2.60 bits per heavy atom. The Bertz CT molecular complexity index is 399. The highest BCUT2D eigenvalue weighted by molar-refractivity contribution is 8.76. The highest BCUT2D eigenvalue weighted by atomic mass is 33.1. The van der Waals surface area contributed by atoms with E-state index in [0.29, 0.717) is 6.54 Å². The molecule has 5 nitrogen and oxygen atoms in total. The van der Waals surface area contributed by atoms with E-state index >= 15 is 0 Å². The molecule has 1 rings (SSSR count). The van der Waals surface area contributed by atoms with E-state index in [4.69, 9.17) is 10.2 Å². The van der Waals surface area contributed by atoms with Gasteiger partial charge in [0.1, 0.15) is 5.03 Å². The van der Waals surface area contributed by atoms with Crippen molar-refractivity contribution in [2.24, 2.45) is 0 Å². The predicted octanol–water partition coefficient (Wildman–Crippen LogP) is 2.06. The van der Waals surface area contributed by atoms with Crippen molar-refractivity contribution < 1.29 is 14.8 Å². The van der Waals surface area contributed by atoms with E-state index in [2.05, 4.69) is 10.1 Å². The zero-order valence-corrected chi connectivity index (χ0v) is 13.8. The molecule has 20 heavy (non-hydrogen) atoms. The zero-order valence-electron chi connectivity index (χ0n) is 11.3. The van der Waals surface area contributed by atoms with Gasteiger partial charge in [-0.15, -0.1) is 0 Å². The molecule has 114 valence electrons. The number of nitrogens with zero attached hydrogens (tertiary/aromatic N) is 1. The summed E-state index contributed by atoms with van der Waals surface area (Å²) in [6, 6.07) is 5.81. The van der Waals surface area contributed by atoms with Crippen LogP contribution in [0.3, 0.4) is 0 Å². The second kappa shape index (κ2) is 10.7. The van der Waals surface area contributed by atoms with Crippen molar-refractivity contribution in [3.63, 3.8) is 0 Å². The maximum Gasteiger partial charge on any atom is 0.152 e. The van der Waals surface area contributed by atoms with Crippen LogP contribution in [0, 0.1) is 0 Å². The highest BCUT2D eigenvalue weighted by Crippen LogP contribution is 2.39. The zero-order chi connectivity index (χ0) is 14.7. The Morgan fingerprint density at radius 2 is 2.00 bits per heavy atom. The number of rotatable bonds is 11. The first-order chi connectivity index (χ1) is 9.70. The van der Waals surface area contributed by atoms with Gasteiger partial charge in [0, 0.05) is 30.8 Å². The van der Waals surface area contributed by atoms with E-state index in [-0.39, 0.29) is 25.5 Å². The van der Waals surface area contributed by atoms with Crippen LogP contribution in [-0.2, 0) is 4.57 Å². The van der Waals surface area contributed by atoms with Gasteiger partial charge < -0.3 is 14.8 Å². The minimum Gasteiger partial charge on any atom is -0.396 e. The van der Waals surface area contributed by atoms with E-state index in [1.54, 1.807) is 27.8 Å². The molecule has 0 fully saturated rings. The van der Waals surface area contributed by atoms with Crippen molar-refractivity contribution in [2.75, 3.05) is 37.8 Å². The maximum atomic E-state index is 12.2. The first-order valence-corrected chi connectivity index (χ1v) is 10.9. The molecule has 0 aromatic carbocycles. The summed E-state index contributed by atoms with van der Waals surface area (Å²) in [5.74, 6) is 0.923. The van der Waals surface area contributed by atoms with Gasteiger partial charge in [0.25, 0.3) is 0 Å². The quantitative estimate of drug-likeness (QED) is 0.324. The van der Waals surface area contributed by atoms with Crippen molar-refractivity contribution in [3.05, 3.63) is 24.4 Å². The van der Waals surface area contributed by atoms with E-state index < -0.39 is 7.29 Å². The molecular weight excluding hydrogens is 315 g/mol. The summed E-state index contributed by atoms with van der Waals surface area (Å²) in [7, 11) is 0.733. The minimum absolute atomic E-state index is 0.117. The fraction of sp³-hybridized carbons (Fsp3) is 0.583. The largest absolute Gasteiger partial charge is 0.396 e. The van der Waals surface area contributed by atoms with Crippen LogP contribution < -0.4 is 5.09 Å². The summed E-state index contributed by atoms with van der Waals surface area (Å²) in [6.45, 7) is 0.399. The van der Waals surface area contributed by atoms with Crippen molar-refractivity contribution in [2.45, 2.75) is 11.4 Å². The Hall–Kier alpha value is -0.0400. The lowest BCUT2D eigenvalue weighted by Crippen LogP contribution is -2.19.